The zero-order valence-corrected chi connectivity index (χ0v) is 15.2. The van der Waals surface area contributed by atoms with Gasteiger partial charge in [-0.3, -0.25) is 0 Å². The molecular formula is C20H20O5S. The van der Waals surface area contributed by atoms with Crippen molar-refractivity contribution in [2.24, 2.45) is 0 Å². The highest BCUT2D eigenvalue weighted by atomic mass is 32.2. The third-order valence-corrected chi connectivity index (χ3v) is 5.13. The highest BCUT2D eigenvalue weighted by molar-refractivity contribution is 7.87. The number of fused-ring (bicyclic) bond motifs is 1. The molecule has 0 radical (unpaired) electrons. The van der Waals surface area contributed by atoms with E-state index in [0.717, 1.165) is 10.9 Å². The largest absolute Gasteiger partial charge is 0.493 e. The van der Waals surface area contributed by atoms with Crippen molar-refractivity contribution in [3.05, 3.63) is 66.2 Å². The fourth-order valence-electron chi connectivity index (χ4n) is 2.69. The quantitative estimate of drug-likeness (QED) is 0.506. The molecule has 6 heteroatoms. The Morgan fingerprint density at radius 2 is 1.69 bits per heavy atom. The minimum absolute atomic E-state index is 0.0324. The van der Waals surface area contributed by atoms with E-state index >= 15 is 0 Å². The van der Waals surface area contributed by atoms with Crippen molar-refractivity contribution in [1.82, 2.24) is 0 Å². The molecule has 0 aliphatic carbocycles. The summed E-state index contributed by atoms with van der Waals surface area (Å²) in [5, 5.41) is 10.3. The van der Waals surface area contributed by atoms with Crippen LogP contribution in [-0.2, 0) is 10.1 Å². The van der Waals surface area contributed by atoms with Crippen molar-refractivity contribution in [2.75, 3.05) is 13.2 Å². The molecule has 5 nitrogen and oxygen atoms in total. The van der Waals surface area contributed by atoms with Gasteiger partial charge in [0, 0.05) is 24.5 Å². The van der Waals surface area contributed by atoms with Crippen LogP contribution in [0.1, 0.15) is 12.0 Å². The minimum atomic E-state index is -3.99. The lowest BCUT2D eigenvalue weighted by Gasteiger charge is -2.12. The van der Waals surface area contributed by atoms with E-state index in [2.05, 4.69) is 0 Å². The van der Waals surface area contributed by atoms with Gasteiger partial charge in [-0.15, -0.1) is 0 Å². The standard InChI is InChI=1S/C20H20O5S/c1-15-12-17(24-11-5-10-21)14-18(13-15)25-26(22,23)20-9-4-7-16-6-2-3-8-19(16)20/h2-4,6-9,12-14,21H,5,10-11H2,1H3. The molecule has 0 heterocycles. The van der Waals surface area contributed by atoms with Gasteiger partial charge >= 0.3 is 10.1 Å². The second-order valence-corrected chi connectivity index (χ2v) is 7.44. The first kappa shape index (κ1) is 18.2. The highest BCUT2D eigenvalue weighted by Gasteiger charge is 2.20. The zero-order valence-electron chi connectivity index (χ0n) is 14.4. The Kier molecular flexibility index (Phi) is 5.44. The summed E-state index contributed by atoms with van der Waals surface area (Å²) in [6.07, 6.45) is 0.498. The number of aliphatic hydroxyl groups excluding tert-OH is 1. The van der Waals surface area contributed by atoms with Crippen LogP contribution < -0.4 is 8.92 Å². The molecule has 0 atom stereocenters. The van der Waals surface area contributed by atoms with Crippen molar-refractivity contribution in [3.8, 4) is 11.5 Å². The number of aliphatic hydroxyl groups is 1. The smallest absolute Gasteiger partial charge is 0.339 e. The minimum Gasteiger partial charge on any atom is -0.493 e. The van der Waals surface area contributed by atoms with E-state index in [4.69, 9.17) is 14.0 Å². The predicted octanol–water partition coefficient (Wildman–Crippen LogP) is 3.68. The second kappa shape index (κ2) is 7.76. The maximum absolute atomic E-state index is 12.8. The molecule has 26 heavy (non-hydrogen) atoms. The Balaban J connectivity index is 1.92. The molecule has 3 aromatic rings. The van der Waals surface area contributed by atoms with Gasteiger partial charge in [-0.1, -0.05) is 36.4 Å². The highest BCUT2D eigenvalue weighted by Crippen LogP contribution is 2.28. The molecule has 0 aliphatic heterocycles. The van der Waals surface area contributed by atoms with Crippen LogP contribution >= 0.6 is 0 Å². The van der Waals surface area contributed by atoms with E-state index in [1.165, 1.54) is 12.1 Å². The Labute approximate surface area is 152 Å². The maximum Gasteiger partial charge on any atom is 0.339 e. The summed E-state index contributed by atoms with van der Waals surface area (Å²) >= 11 is 0. The van der Waals surface area contributed by atoms with Crippen LogP contribution in [0.25, 0.3) is 10.8 Å². The average Bonchev–Trinajstić information content (AvgIpc) is 2.60. The van der Waals surface area contributed by atoms with Crippen molar-refractivity contribution < 1.29 is 22.4 Å². The van der Waals surface area contributed by atoms with Crippen LogP contribution in [0.3, 0.4) is 0 Å². The van der Waals surface area contributed by atoms with Gasteiger partial charge in [-0.05, 0) is 36.1 Å². The van der Waals surface area contributed by atoms with Gasteiger partial charge < -0.3 is 14.0 Å². The monoisotopic (exact) mass is 372 g/mol. The van der Waals surface area contributed by atoms with E-state index in [1.807, 2.05) is 25.1 Å². The first-order valence-corrected chi connectivity index (χ1v) is 9.68. The molecule has 0 spiro atoms. The summed E-state index contributed by atoms with van der Waals surface area (Å²) in [4.78, 5) is 0.125. The molecule has 1 N–H and O–H groups in total. The molecular weight excluding hydrogens is 352 g/mol. The van der Waals surface area contributed by atoms with Gasteiger partial charge in [-0.25, -0.2) is 0 Å². The van der Waals surface area contributed by atoms with E-state index in [-0.39, 0.29) is 17.3 Å². The summed E-state index contributed by atoms with van der Waals surface area (Å²) in [7, 11) is -3.99. The van der Waals surface area contributed by atoms with Gasteiger partial charge in [-0.2, -0.15) is 8.42 Å². The van der Waals surface area contributed by atoms with Gasteiger partial charge in [0.15, 0.2) is 0 Å². The first-order valence-electron chi connectivity index (χ1n) is 8.27. The number of benzene rings is 3. The summed E-state index contributed by atoms with van der Waals surface area (Å²) in [5.41, 5.74) is 0.814. The van der Waals surface area contributed by atoms with Gasteiger partial charge in [0.25, 0.3) is 0 Å². The molecule has 136 valence electrons. The predicted molar refractivity (Wildman–Crippen MR) is 100 cm³/mol. The SMILES string of the molecule is Cc1cc(OCCCO)cc(OS(=O)(=O)c2cccc3ccccc23)c1. The Morgan fingerprint density at radius 1 is 0.962 bits per heavy atom. The third kappa shape index (κ3) is 4.15. The van der Waals surface area contributed by atoms with Gasteiger partial charge in [0.1, 0.15) is 16.4 Å². The Bertz CT molecular complexity index is 1010. The number of rotatable bonds is 7. The number of aryl methyl sites for hydroxylation is 1. The van der Waals surface area contributed by atoms with Gasteiger partial charge in [0.05, 0.1) is 6.61 Å². The molecule has 0 aromatic heterocycles. The maximum atomic E-state index is 12.8. The normalized spacial score (nSPS) is 11.5. The summed E-state index contributed by atoms with van der Waals surface area (Å²) < 4.78 is 36.5. The fourth-order valence-corrected chi connectivity index (χ4v) is 3.83. The summed E-state index contributed by atoms with van der Waals surface area (Å²) in [6.45, 7) is 2.20. The molecule has 0 aliphatic rings. The van der Waals surface area contributed by atoms with Crippen molar-refractivity contribution in [3.63, 3.8) is 0 Å². The Morgan fingerprint density at radius 3 is 2.50 bits per heavy atom. The molecule has 3 aromatic carbocycles. The van der Waals surface area contributed by atoms with Crippen molar-refractivity contribution >= 4 is 20.9 Å². The first-order chi connectivity index (χ1) is 12.5. The lowest BCUT2D eigenvalue weighted by Crippen LogP contribution is -2.10. The topological polar surface area (TPSA) is 72.8 Å². The lowest BCUT2D eigenvalue weighted by molar-refractivity contribution is 0.233. The van der Waals surface area contributed by atoms with Crippen LogP contribution in [0.2, 0.25) is 0 Å². The molecule has 0 saturated carbocycles. The van der Waals surface area contributed by atoms with E-state index < -0.39 is 10.1 Å². The number of hydrogen-bond acceptors (Lipinski definition) is 5. The van der Waals surface area contributed by atoms with Crippen LogP contribution in [-0.4, -0.2) is 26.7 Å². The summed E-state index contributed by atoms with van der Waals surface area (Å²) in [6, 6.07) is 17.3. The van der Waals surface area contributed by atoms with Crippen molar-refractivity contribution in [1.29, 1.82) is 0 Å². The Hall–Kier alpha value is -2.57. The van der Waals surface area contributed by atoms with Gasteiger partial charge in [0.2, 0.25) is 0 Å². The number of hydrogen-bond donors (Lipinski definition) is 1. The zero-order chi connectivity index (χ0) is 18.6. The molecule has 0 fully saturated rings. The molecule has 0 unspecified atom stereocenters. The molecule has 3 rings (SSSR count). The van der Waals surface area contributed by atoms with Crippen LogP contribution in [0.5, 0.6) is 11.5 Å². The fraction of sp³-hybridized carbons (Fsp3) is 0.200. The van der Waals surface area contributed by atoms with Crippen LogP contribution in [0, 0.1) is 6.92 Å². The molecule has 0 bridgehead atoms. The average molecular weight is 372 g/mol. The van der Waals surface area contributed by atoms with Crippen LogP contribution in [0.15, 0.2) is 65.6 Å². The van der Waals surface area contributed by atoms with E-state index in [0.29, 0.717) is 24.2 Å². The molecule has 0 amide bonds. The van der Waals surface area contributed by atoms with E-state index in [9.17, 15) is 8.42 Å². The third-order valence-electron chi connectivity index (χ3n) is 3.82. The lowest BCUT2D eigenvalue weighted by atomic mass is 10.1. The van der Waals surface area contributed by atoms with Crippen LogP contribution in [0.4, 0.5) is 0 Å². The summed E-state index contributed by atoms with van der Waals surface area (Å²) in [5.74, 6) is 0.693. The van der Waals surface area contributed by atoms with Crippen molar-refractivity contribution in [2.45, 2.75) is 18.2 Å². The second-order valence-electron chi connectivity index (χ2n) is 5.92. The number of ether oxygens (including phenoxy) is 1. The molecule has 0 saturated heterocycles. The van der Waals surface area contributed by atoms with E-state index in [1.54, 1.807) is 30.3 Å².